The molecule has 0 heterocycles. The van der Waals surface area contributed by atoms with E-state index in [0.717, 1.165) is 24.8 Å². The van der Waals surface area contributed by atoms with Crippen LogP contribution in [0.2, 0.25) is 0 Å². The molecule has 2 N–H and O–H groups in total. The van der Waals surface area contributed by atoms with Crippen molar-refractivity contribution in [2.75, 3.05) is 6.54 Å². The number of benzene rings is 1. The molecular weight excluding hydrogens is 232 g/mol. The largest absolute Gasteiger partial charge is 0.389 e. The number of nitro benzene ring substituents is 1. The highest BCUT2D eigenvalue weighted by atomic mass is 16.6. The average Bonchev–Trinajstić information content (AvgIpc) is 2.28. The van der Waals surface area contributed by atoms with Gasteiger partial charge in [-0.05, 0) is 31.7 Å². The number of nitrogens with one attached hydrogen (secondary N) is 1. The van der Waals surface area contributed by atoms with E-state index in [-0.39, 0.29) is 10.6 Å². The van der Waals surface area contributed by atoms with Crippen molar-refractivity contribution >= 4 is 5.69 Å². The first-order valence-corrected chi connectivity index (χ1v) is 6.18. The SMILES string of the molecule is Cc1c(CNCC2(O)CCC2)cccc1[N+](=O)[O-]. The molecule has 0 spiro atoms. The Labute approximate surface area is 106 Å². The van der Waals surface area contributed by atoms with Crippen LogP contribution < -0.4 is 5.32 Å². The Morgan fingerprint density at radius 1 is 1.50 bits per heavy atom. The molecule has 1 aliphatic carbocycles. The lowest BCUT2D eigenvalue weighted by atomic mass is 9.80. The maximum Gasteiger partial charge on any atom is 0.272 e. The molecule has 5 heteroatoms. The summed E-state index contributed by atoms with van der Waals surface area (Å²) in [4.78, 5) is 10.4. The van der Waals surface area contributed by atoms with Gasteiger partial charge in [0.25, 0.3) is 5.69 Å². The molecule has 0 aliphatic heterocycles. The minimum Gasteiger partial charge on any atom is -0.389 e. The molecule has 1 aromatic carbocycles. The summed E-state index contributed by atoms with van der Waals surface area (Å²) in [6.07, 6.45) is 2.76. The molecule has 0 unspecified atom stereocenters. The van der Waals surface area contributed by atoms with Crippen LogP contribution in [0.25, 0.3) is 0 Å². The highest BCUT2D eigenvalue weighted by Crippen LogP contribution is 2.30. The Bertz CT molecular complexity index is 456. The number of hydrogen-bond acceptors (Lipinski definition) is 4. The molecule has 0 aromatic heterocycles. The topological polar surface area (TPSA) is 75.4 Å². The summed E-state index contributed by atoms with van der Waals surface area (Å²) in [7, 11) is 0. The normalized spacial score (nSPS) is 17.2. The first kappa shape index (κ1) is 13.0. The van der Waals surface area contributed by atoms with Crippen molar-refractivity contribution in [3.63, 3.8) is 0 Å². The van der Waals surface area contributed by atoms with Gasteiger partial charge in [-0.3, -0.25) is 10.1 Å². The number of rotatable bonds is 5. The number of nitro groups is 1. The molecule has 0 bridgehead atoms. The van der Waals surface area contributed by atoms with Gasteiger partial charge in [-0.2, -0.15) is 0 Å². The molecule has 0 radical (unpaired) electrons. The lowest BCUT2D eigenvalue weighted by Crippen LogP contribution is -2.46. The van der Waals surface area contributed by atoms with E-state index < -0.39 is 5.60 Å². The lowest BCUT2D eigenvalue weighted by molar-refractivity contribution is -0.385. The molecule has 0 atom stereocenters. The van der Waals surface area contributed by atoms with Crippen LogP contribution in [0.4, 0.5) is 5.69 Å². The molecule has 98 valence electrons. The Balaban J connectivity index is 1.97. The fraction of sp³-hybridized carbons (Fsp3) is 0.538. The molecule has 1 aromatic rings. The van der Waals surface area contributed by atoms with Gasteiger partial charge in [0.05, 0.1) is 10.5 Å². The number of nitrogens with zero attached hydrogens (tertiary/aromatic N) is 1. The molecular formula is C13H18N2O3. The van der Waals surface area contributed by atoms with Gasteiger partial charge in [0, 0.05) is 24.7 Å². The van der Waals surface area contributed by atoms with Gasteiger partial charge in [-0.1, -0.05) is 12.1 Å². The first-order chi connectivity index (χ1) is 8.52. The van der Waals surface area contributed by atoms with E-state index in [1.165, 1.54) is 6.07 Å². The molecule has 1 saturated carbocycles. The molecule has 0 amide bonds. The fourth-order valence-electron chi connectivity index (χ4n) is 2.25. The second kappa shape index (κ2) is 5.04. The summed E-state index contributed by atoms with van der Waals surface area (Å²) in [5.41, 5.74) is 1.19. The highest BCUT2D eigenvalue weighted by Gasteiger charge is 2.33. The Morgan fingerprint density at radius 2 is 2.22 bits per heavy atom. The second-order valence-corrected chi connectivity index (χ2v) is 5.00. The summed E-state index contributed by atoms with van der Waals surface area (Å²) >= 11 is 0. The summed E-state index contributed by atoms with van der Waals surface area (Å²) in [5, 5.41) is 23.9. The minimum atomic E-state index is -0.561. The Morgan fingerprint density at radius 3 is 2.78 bits per heavy atom. The predicted molar refractivity (Wildman–Crippen MR) is 68.3 cm³/mol. The molecule has 5 nitrogen and oxygen atoms in total. The molecule has 2 rings (SSSR count). The lowest BCUT2D eigenvalue weighted by Gasteiger charge is -2.36. The van der Waals surface area contributed by atoms with E-state index in [1.807, 2.05) is 6.07 Å². The van der Waals surface area contributed by atoms with Gasteiger partial charge >= 0.3 is 0 Å². The van der Waals surface area contributed by atoms with E-state index >= 15 is 0 Å². The Kier molecular flexibility index (Phi) is 3.63. The number of hydrogen-bond donors (Lipinski definition) is 2. The van der Waals surface area contributed by atoms with Crippen LogP contribution in [0.3, 0.4) is 0 Å². The van der Waals surface area contributed by atoms with E-state index in [4.69, 9.17) is 0 Å². The molecule has 18 heavy (non-hydrogen) atoms. The smallest absolute Gasteiger partial charge is 0.272 e. The summed E-state index contributed by atoms with van der Waals surface area (Å²) in [6, 6.07) is 5.08. The predicted octanol–water partition coefficient (Wildman–Crippen LogP) is 1.91. The highest BCUT2D eigenvalue weighted by molar-refractivity contribution is 5.44. The molecule has 1 fully saturated rings. The van der Waals surface area contributed by atoms with Gasteiger partial charge in [0.15, 0.2) is 0 Å². The van der Waals surface area contributed by atoms with E-state index in [0.29, 0.717) is 18.7 Å². The van der Waals surface area contributed by atoms with Crippen LogP contribution in [0.1, 0.15) is 30.4 Å². The van der Waals surface area contributed by atoms with E-state index in [2.05, 4.69) is 5.32 Å². The van der Waals surface area contributed by atoms with Crippen molar-refractivity contribution in [1.29, 1.82) is 0 Å². The maximum atomic E-state index is 10.8. The van der Waals surface area contributed by atoms with Crippen molar-refractivity contribution in [1.82, 2.24) is 5.32 Å². The van der Waals surface area contributed by atoms with Crippen LogP contribution in [-0.4, -0.2) is 22.2 Å². The maximum absolute atomic E-state index is 10.8. The van der Waals surface area contributed by atoms with Crippen molar-refractivity contribution in [2.45, 2.75) is 38.3 Å². The summed E-state index contributed by atoms with van der Waals surface area (Å²) in [6.45, 7) is 2.86. The van der Waals surface area contributed by atoms with Gasteiger partial charge < -0.3 is 10.4 Å². The van der Waals surface area contributed by atoms with Gasteiger partial charge in [0.1, 0.15) is 0 Å². The van der Waals surface area contributed by atoms with Crippen LogP contribution in [0.15, 0.2) is 18.2 Å². The second-order valence-electron chi connectivity index (χ2n) is 5.00. The average molecular weight is 250 g/mol. The van der Waals surface area contributed by atoms with Gasteiger partial charge in [0.2, 0.25) is 0 Å². The third-order valence-corrected chi connectivity index (χ3v) is 3.67. The van der Waals surface area contributed by atoms with Crippen molar-refractivity contribution < 1.29 is 10.0 Å². The first-order valence-electron chi connectivity index (χ1n) is 6.18. The zero-order chi connectivity index (χ0) is 13.2. The van der Waals surface area contributed by atoms with Crippen molar-refractivity contribution in [3.05, 3.63) is 39.4 Å². The van der Waals surface area contributed by atoms with Crippen LogP contribution in [0, 0.1) is 17.0 Å². The van der Waals surface area contributed by atoms with Gasteiger partial charge in [-0.25, -0.2) is 0 Å². The van der Waals surface area contributed by atoms with Crippen LogP contribution >= 0.6 is 0 Å². The third-order valence-electron chi connectivity index (χ3n) is 3.67. The van der Waals surface area contributed by atoms with Crippen molar-refractivity contribution in [3.8, 4) is 0 Å². The quantitative estimate of drug-likeness (QED) is 0.618. The monoisotopic (exact) mass is 250 g/mol. The Hall–Kier alpha value is -1.46. The fourth-order valence-corrected chi connectivity index (χ4v) is 2.25. The minimum absolute atomic E-state index is 0.150. The summed E-state index contributed by atoms with van der Waals surface area (Å²) < 4.78 is 0. The van der Waals surface area contributed by atoms with E-state index in [9.17, 15) is 15.2 Å². The van der Waals surface area contributed by atoms with Gasteiger partial charge in [-0.15, -0.1) is 0 Å². The zero-order valence-corrected chi connectivity index (χ0v) is 10.5. The molecule has 1 aliphatic rings. The van der Waals surface area contributed by atoms with Crippen LogP contribution in [0.5, 0.6) is 0 Å². The van der Waals surface area contributed by atoms with Crippen LogP contribution in [-0.2, 0) is 6.54 Å². The zero-order valence-electron chi connectivity index (χ0n) is 10.5. The molecule has 0 saturated heterocycles. The van der Waals surface area contributed by atoms with E-state index in [1.54, 1.807) is 13.0 Å². The third kappa shape index (κ3) is 2.68. The van der Waals surface area contributed by atoms with Crippen molar-refractivity contribution in [2.24, 2.45) is 0 Å². The standard InChI is InChI=1S/C13H18N2O3/c1-10-11(4-2-5-12(10)15(17)18)8-14-9-13(16)6-3-7-13/h2,4-5,14,16H,3,6-9H2,1H3. The summed E-state index contributed by atoms with van der Waals surface area (Å²) in [5.74, 6) is 0. The number of aliphatic hydroxyl groups is 1.